The zero-order chi connectivity index (χ0) is 9.84. The van der Waals surface area contributed by atoms with Gasteiger partial charge in [-0.1, -0.05) is 0 Å². The van der Waals surface area contributed by atoms with Gasteiger partial charge in [-0.25, -0.2) is 0 Å². The molecule has 2 nitrogen and oxygen atoms in total. The van der Waals surface area contributed by atoms with E-state index in [2.05, 4.69) is 54.2 Å². The van der Waals surface area contributed by atoms with Crippen LogP contribution in [0.25, 0.3) is 0 Å². The van der Waals surface area contributed by atoms with Crippen LogP contribution in [0.3, 0.4) is 0 Å². The molecule has 0 atom stereocenters. The third kappa shape index (κ3) is 2.61. The van der Waals surface area contributed by atoms with Crippen LogP contribution in [0, 0.1) is 0 Å². The molecule has 0 aromatic heterocycles. The summed E-state index contributed by atoms with van der Waals surface area (Å²) in [7, 11) is 1.61. The Morgan fingerprint density at radius 1 is 1.38 bits per heavy atom. The molecule has 0 heterocycles. The third-order valence-corrected chi connectivity index (χ3v) is 2.68. The minimum Gasteiger partial charge on any atom is -0.497 e. The van der Waals surface area contributed by atoms with Gasteiger partial charge in [0, 0.05) is 8.95 Å². The van der Waals surface area contributed by atoms with E-state index in [9.17, 15) is 0 Å². The normalized spacial score (nSPS) is 9.15. The quantitative estimate of drug-likeness (QED) is 0.607. The number of aliphatic imine (C=N–C) groups is 1. The number of halogens is 2. The first-order valence-corrected chi connectivity index (χ1v) is 5.29. The summed E-state index contributed by atoms with van der Waals surface area (Å²) in [6, 6.07) is 3.63. The van der Waals surface area contributed by atoms with Crippen molar-refractivity contribution < 1.29 is 4.74 Å². The zero-order valence-corrected chi connectivity index (χ0v) is 10.7. The molecule has 5 heteroatoms. The molecule has 0 amide bonds. The molecule has 0 aliphatic heterocycles. The van der Waals surface area contributed by atoms with Crippen LogP contribution in [0.5, 0.6) is 5.75 Å². The predicted molar refractivity (Wildman–Crippen MR) is 63.1 cm³/mol. The predicted octanol–water partition coefficient (Wildman–Crippen LogP) is 3.95. The summed E-state index contributed by atoms with van der Waals surface area (Å²) >= 11 is 11.2. The fourth-order valence-corrected chi connectivity index (χ4v) is 2.23. The summed E-state index contributed by atoms with van der Waals surface area (Å²) in [5.74, 6) is 0.752. The minimum atomic E-state index is 0.718. The minimum absolute atomic E-state index is 0.718. The number of thiocarbonyl (C=S) groups is 1. The molecule has 1 aromatic rings. The highest BCUT2D eigenvalue weighted by atomic mass is 79.9. The third-order valence-electron chi connectivity index (χ3n) is 1.38. The van der Waals surface area contributed by atoms with E-state index in [0.29, 0.717) is 0 Å². The van der Waals surface area contributed by atoms with Gasteiger partial charge in [-0.15, -0.1) is 0 Å². The van der Waals surface area contributed by atoms with Gasteiger partial charge in [-0.2, -0.15) is 4.99 Å². The van der Waals surface area contributed by atoms with Crippen molar-refractivity contribution in [1.82, 2.24) is 0 Å². The Labute approximate surface area is 98.3 Å². The van der Waals surface area contributed by atoms with Gasteiger partial charge in [0.1, 0.15) is 11.4 Å². The first kappa shape index (κ1) is 10.9. The highest BCUT2D eigenvalue weighted by Crippen LogP contribution is 2.36. The molecular formula is C8H5Br2NOS. The molecule has 0 fully saturated rings. The molecule has 68 valence electrons. The van der Waals surface area contributed by atoms with Crippen molar-refractivity contribution in [2.75, 3.05) is 7.11 Å². The van der Waals surface area contributed by atoms with Gasteiger partial charge in [0.05, 0.1) is 12.3 Å². The fraction of sp³-hybridized carbons (Fsp3) is 0.125. The molecule has 1 aromatic carbocycles. The van der Waals surface area contributed by atoms with Crippen molar-refractivity contribution in [1.29, 1.82) is 0 Å². The first-order chi connectivity index (χ1) is 6.19. The number of benzene rings is 1. The van der Waals surface area contributed by atoms with Crippen molar-refractivity contribution in [3.05, 3.63) is 21.1 Å². The Balaban J connectivity index is 3.30. The van der Waals surface area contributed by atoms with Gasteiger partial charge in [0.25, 0.3) is 0 Å². The fourth-order valence-electron chi connectivity index (χ4n) is 0.813. The average molecular weight is 323 g/mol. The molecule has 0 unspecified atom stereocenters. The molecule has 13 heavy (non-hydrogen) atoms. The van der Waals surface area contributed by atoms with Gasteiger partial charge < -0.3 is 4.74 Å². The second-order valence-electron chi connectivity index (χ2n) is 2.14. The van der Waals surface area contributed by atoms with Crippen molar-refractivity contribution in [3.63, 3.8) is 0 Å². The molecule has 1 rings (SSSR count). The van der Waals surface area contributed by atoms with Gasteiger partial charge in [0.15, 0.2) is 0 Å². The van der Waals surface area contributed by atoms with E-state index in [-0.39, 0.29) is 0 Å². The van der Waals surface area contributed by atoms with Crippen LogP contribution in [-0.4, -0.2) is 12.3 Å². The van der Waals surface area contributed by atoms with E-state index in [4.69, 9.17) is 4.74 Å². The monoisotopic (exact) mass is 321 g/mol. The summed E-state index contributed by atoms with van der Waals surface area (Å²) in [6.45, 7) is 0. The van der Waals surface area contributed by atoms with E-state index >= 15 is 0 Å². The van der Waals surface area contributed by atoms with Crippen LogP contribution in [0.4, 0.5) is 5.69 Å². The van der Waals surface area contributed by atoms with Crippen LogP contribution in [-0.2, 0) is 0 Å². The van der Waals surface area contributed by atoms with Crippen LogP contribution < -0.4 is 4.74 Å². The van der Waals surface area contributed by atoms with Crippen LogP contribution in [0.2, 0.25) is 0 Å². The number of rotatable bonds is 2. The maximum absolute atomic E-state index is 5.06. The number of isothiocyanates is 1. The zero-order valence-electron chi connectivity index (χ0n) is 6.67. The molecule has 0 N–H and O–H groups in total. The first-order valence-electron chi connectivity index (χ1n) is 3.30. The van der Waals surface area contributed by atoms with Gasteiger partial charge in [-0.3, -0.25) is 0 Å². The van der Waals surface area contributed by atoms with E-state index < -0.39 is 0 Å². The van der Waals surface area contributed by atoms with Crippen molar-refractivity contribution in [2.24, 2.45) is 4.99 Å². The Bertz CT molecular complexity index is 351. The molecule has 0 spiro atoms. The SMILES string of the molecule is COc1cc(Br)c(N=C=S)c(Br)c1. The summed E-state index contributed by atoms with van der Waals surface area (Å²) in [5, 5.41) is 2.31. The molecule has 0 saturated heterocycles. The maximum Gasteiger partial charge on any atom is 0.121 e. The summed E-state index contributed by atoms with van der Waals surface area (Å²) < 4.78 is 6.69. The second-order valence-corrected chi connectivity index (χ2v) is 4.03. The van der Waals surface area contributed by atoms with Crippen molar-refractivity contribution in [2.45, 2.75) is 0 Å². The smallest absolute Gasteiger partial charge is 0.121 e. The molecule has 0 aliphatic rings. The lowest BCUT2D eigenvalue weighted by atomic mass is 10.3. The number of ether oxygens (including phenoxy) is 1. The second kappa shape index (κ2) is 4.86. The lowest BCUT2D eigenvalue weighted by molar-refractivity contribution is 0.414. The van der Waals surface area contributed by atoms with E-state index in [1.807, 2.05) is 12.1 Å². The average Bonchev–Trinajstić information content (AvgIpc) is 2.11. The largest absolute Gasteiger partial charge is 0.497 e. The van der Waals surface area contributed by atoms with Crippen molar-refractivity contribution >= 4 is 54.9 Å². The Hall–Kier alpha value is -0.220. The Morgan fingerprint density at radius 2 is 1.92 bits per heavy atom. The highest BCUT2D eigenvalue weighted by Gasteiger charge is 2.06. The number of methoxy groups -OCH3 is 1. The Kier molecular flexibility index (Phi) is 4.06. The summed E-state index contributed by atoms with van der Waals surface area (Å²) in [4.78, 5) is 3.90. The summed E-state index contributed by atoms with van der Waals surface area (Å²) in [6.07, 6.45) is 0. The van der Waals surface area contributed by atoms with E-state index in [0.717, 1.165) is 20.4 Å². The molecular weight excluding hydrogens is 318 g/mol. The lowest BCUT2D eigenvalue weighted by Crippen LogP contribution is -1.83. The maximum atomic E-state index is 5.06. The van der Waals surface area contributed by atoms with Gasteiger partial charge in [0.2, 0.25) is 0 Å². The van der Waals surface area contributed by atoms with E-state index in [1.54, 1.807) is 7.11 Å². The topological polar surface area (TPSA) is 21.6 Å². The van der Waals surface area contributed by atoms with Crippen LogP contribution in [0.1, 0.15) is 0 Å². The Morgan fingerprint density at radius 3 is 2.31 bits per heavy atom. The number of hydrogen-bond acceptors (Lipinski definition) is 3. The lowest BCUT2D eigenvalue weighted by Gasteiger charge is -2.04. The molecule has 0 aliphatic carbocycles. The molecule has 0 radical (unpaired) electrons. The van der Waals surface area contributed by atoms with Crippen LogP contribution >= 0.6 is 44.1 Å². The number of hydrogen-bond donors (Lipinski definition) is 0. The van der Waals surface area contributed by atoms with Crippen LogP contribution in [0.15, 0.2) is 26.1 Å². The number of nitrogens with zero attached hydrogens (tertiary/aromatic N) is 1. The van der Waals surface area contributed by atoms with E-state index in [1.165, 1.54) is 0 Å². The van der Waals surface area contributed by atoms with Gasteiger partial charge >= 0.3 is 0 Å². The summed E-state index contributed by atoms with van der Waals surface area (Å²) in [5.41, 5.74) is 0.718. The highest BCUT2D eigenvalue weighted by molar-refractivity contribution is 9.11. The molecule has 0 bridgehead atoms. The molecule has 0 saturated carbocycles. The van der Waals surface area contributed by atoms with Crippen molar-refractivity contribution in [3.8, 4) is 5.75 Å². The van der Waals surface area contributed by atoms with Gasteiger partial charge in [-0.05, 0) is 56.2 Å². The standard InChI is InChI=1S/C8H5Br2NOS/c1-12-5-2-6(9)8(11-4-13)7(10)3-5/h2-3H,1H3.